The van der Waals surface area contributed by atoms with E-state index in [0.717, 1.165) is 70.6 Å². The highest BCUT2D eigenvalue weighted by Gasteiger charge is 2.26. The standard InChI is InChI=1S/C37H61N2O6P/c1-3-5-7-9-11-13-14-15-16-17-18-19-20-21-22-23-25-27-29-31-37(41)39-35(34-45-46(42,43)44-33-32-38)36(40)30-28-26-24-12-10-8-6-4-2/h5,7,10-13,15-16,18-19,21-22,25,27-28,30,35-36,40H,3-4,6,8-9,14,17,20,23-24,26,29,31-34,38H2,1-2H3,(H,39,41)(H,42,43)/b7-5-,12-10+,13-11-,16-15-,19-18-,22-21-,27-25-,30-28+. The summed E-state index contributed by atoms with van der Waals surface area (Å²) in [5.41, 5.74) is 5.32. The van der Waals surface area contributed by atoms with Crippen LogP contribution >= 0.6 is 7.82 Å². The van der Waals surface area contributed by atoms with E-state index in [-0.39, 0.29) is 25.5 Å². The van der Waals surface area contributed by atoms with E-state index in [1.807, 2.05) is 18.2 Å². The highest BCUT2D eigenvalue weighted by molar-refractivity contribution is 7.47. The average Bonchev–Trinajstić information content (AvgIpc) is 3.04. The molecule has 0 aromatic rings. The minimum absolute atomic E-state index is 0.0565. The van der Waals surface area contributed by atoms with Gasteiger partial charge in [-0.15, -0.1) is 0 Å². The van der Waals surface area contributed by atoms with Crippen LogP contribution < -0.4 is 11.1 Å². The maximum absolute atomic E-state index is 12.6. The Morgan fingerprint density at radius 3 is 1.78 bits per heavy atom. The Labute approximate surface area is 279 Å². The topological polar surface area (TPSA) is 131 Å². The van der Waals surface area contributed by atoms with Crippen molar-refractivity contribution in [3.63, 3.8) is 0 Å². The normalized spacial score (nSPS) is 15.7. The molecule has 1 amide bonds. The zero-order valence-corrected chi connectivity index (χ0v) is 29.2. The highest BCUT2D eigenvalue weighted by Crippen LogP contribution is 2.43. The monoisotopic (exact) mass is 660 g/mol. The fourth-order valence-electron chi connectivity index (χ4n) is 3.86. The van der Waals surface area contributed by atoms with Crippen molar-refractivity contribution in [3.8, 4) is 0 Å². The number of hydrogen-bond acceptors (Lipinski definition) is 6. The van der Waals surface area contributed by atoms with Gasteiger partial charge in [0.2, 0.25) is 5.91 Å². The molecule has 0 radical (unpaired) electrons. The van der Waals surface area contributed by atoms with Gasteiger partial charge in [0, 0.05) is 13.0 Å². The number of nitrogens with two attached hydrogens (primary N) is 1. The third kappa shape index (κ3) is 30.1. The summed E-state index contributed by atoms with van der Waals surface area (Å²) in [5, 5.41) is 13.4. The zero-order valence-electron chi connectivity index (χ0n) is 28.3. The van der Waals surface area contributed by atoms with Crippen LogP contribution in [0.2, 0.25) is 0 Å². The molecule has 5 N–H and O–H groups in total. The fourth-order valence-corrected chi connectivity index (χ4v) is 4.62. The number of allylic oxidation sites excluding steroid dienone is 15. The summed E-state index contributed by atoms with van der Waals surface area (Å²) < 4.78 is 21.8. The van der Waals surface area contributed by atoms with Crippen LogP contribution in [0, 0.1) is 0 Å². The van der Waals surface area contributed by atoms with Crippen molar-refractivity contribution in [3.05, 3.63) is 97.2 Å². The molecule has 260 valence electrons. The van der Waals surface area contributed by atoms with Crippen LogP contribution in [0.3, 0.4) is 0 Å². The number of phosphoric ester groups is 1. The predicted octanol–water partition coefficient (Wildman–Crippen LogP) is 8.49. The summed E-state index contributed by atoms with van der Waals surface area (Å²) in [6, 6.07) is -0.920. The van der Waals surface area contributed by atoms with Crippen molar-refractivity contribution in [1.29, 1.82) is 0 Å². The van der Waals surface area contributed by atoms with Crippen molar-refractivity contribution in [1.82, 2.24) is 5.32 Å². The van der Waals surface area contributed by atoms with E-state index in [1.165, 1.54) is 0 Å². The average molecular weight is 661 g/mol. The summed E-state index contributed by atoms with van der Waals surface area (Å²) >= 11 is 0. The van der Waals surface area contributed by atoms with Crippen LogP contribution in [0.4, 0.5) is 0 Å². The van der Waals surface area contributed by atoms with Gasteiger partial charge in [0.1, 0.15) is 0 Å². The molecule has 8 nitrogen and oxygen atoms in total. The van der Waals surface area contributed by atoms with Gasteiger partial charge in [0.15, 0.2) is 0 Å². The number of amides is 1. The molecule has 0 saturated carbocycles. The second kappa shape index (κ2) is 32.4. The smallest absolute Gasteiger partial charge is 0.387 e. The summed E-state index contributed by atoms with van der Waals surface area (Å²) in [7, 11) is -4.36. The van der Waals surface area contributed by atoms with Crippen LogP contribution in [0.1, 0.15) is 97.3 Å². The minimum atomic E-state index is -4.36. The molecule has 0 heterocycles. The number of rotatable bonds is 29. The lowest BCUT2D eigenvalue weighted by Gasteiger charge is -2.23. The van der Waals surface area contributed by atoms with Gasteiger partial charge in [0.25, 0.3) is 0 Å². The van der Waals surface area contributed by atoms with E-state index < -0.39 is 26.6 Å². The first kappa shape index (κ1) is 43.4. The first-order valence-corrected chi connectivity index (χ1v) is 18.4. The molecule has 3 atom stereocenters. The molecule has 0 bridgehead atoms. The molecule has 0 rings (SSSR count). The molecule has 46 heavy (non-hydrogen) atoms. The van der Waals surface area contributed by atoms with Gasteiger partial charge in [-0.3, -0.25) is 13.8 Å². The number of aliphatic hydroxyl groups excluding tert-OH is 1. The molecule has 0 aromatic heterocycles. The number of aliphatic hydroxyl groups is 1. The van der Waals surface area contributed by atoms with E-state index in [4.69, 9.17) is 14.8 Å². The molecule has 3 unspecified atom stereocenters. The summed E-state index contributed by atoms with van der Waals surface area (Å²) in [4.78, 5) is 22.4. The van der Waals surface area contributed by atoms with Crippen LogP contribution in [0.25, 0.3) is 0 Å². The lowest BCUT2D eigenvalue weighted by Crippen LogP contribution is -2.45. The van der Waals surface area contributed by atoms with Crippen LogP contribution in [0.15, 0.2) is 97.2 Å². The van der Waals surface area contributed by atoms with Crippen molar-refractivity contribution >= 4 is 13.7 Å². The first-order valence-electron chi connectivity index (χ1n) is 16.9. The van der Waals surface area contributed by atoms with Gasteiger partial charge in [0.05, 0.1) is 25.4 Å². The van der Waals surface area contributed by atoms with Gasteiger partial charge in [-0.25, -0.2) is 4.57 Å². The van der Waals surface area contributed by atoms with Gasteiger partial charge in [-0.05, 0) is 64.2 Å². The van der Waals surface area contributed by atoms with Crippen molar-refractivity contribution < 1.29 is 28.4 Å². The zero-order chi connectivity index (χ0) is 34.0. The molecule has 0 fully saturated rings. The van der Waals surface area contributed by atoms with Gasteiger partial charge < -0.3 is 21.1 Å². The molecule has 0 saturated heterocycles. The quantitative estimate of drug-likeness (QED) is 0.0360. The summed E-state index contributed by atoms with van der Waals surface area (Å²) in [5.74, 6) is -0.296. The maximum Gasteiger partial charge on any atom is 0.472 e. The van der Waals surface area contributed by atoms with E-state index in [9.17, 15) is 19.4 Å². The number of phosphoric acid groups is 1. The Balaban J connectivity index is 4.50. The van der Waals surface area contributed by atoms with Gasteiger partial charge in [-0.1, -0.05) is 124 Å². The van der Waals surface area contributed by atoms with Crippen molar-refractivity contribution in [2.45, 2.75) is 109 Å². The number of unbranched alkanes of at least 4 members (excludes halogenated alkanes) is 3. The molecular formula is C37H61N2O6P. The van der Waals surface area contributed by atoms with Gasteiger partial charge >= 0.3 is 7.82 Å². The Morgan fingerprint density at radius 1 is 0.739 bits per heavy atom. The maximum atomic E-state index is 12.6. The molecule has 0 aliphatic rings. The number of nitrogens with one attached hydrogen (secondary N) is 1. The lowest BCUT2D eigenvalue weighted by molar-refractivity contribution is -0.122. The number of carbonyl (C=O) groups excluding carboxylic acids is 1. The largest absolute Gasteiger partial charge is 0.472 e. The van der Waals surface area contributed by atoms with Crippen LogP contribution in [-0.4, -0.2) is 47.8 Å². The Kier molecular flexibility index (Phi) is 30.5. The summed E-state index contributed by atoms with van der Waals surface area (Å²) in [6.45, 7) is 3.81. The minimum Gasteiger partial charge on any atom is -0.387 e. The molecule has 9 heteroatoms. The molecule has 0 aliphatic carbocycles. The van der Waals surface area contributed by atoms with E-state index in [1.54, 1.807) is 6.08 Å². The lowest BCUT2D eigenvalue weighted by atomic mass is 10.1. The van der Waals surface area contributed by atoms with Crippen molar-refractivity contribution in [2.24, 2.45) is 5.73 Å². The second-order valence-electron chi connectivity index (χ2n) is 10.6. The molecule has 0 aromatic carbocycles. The molecular weight excluding hydrogens is 599 g/mol. The Hall–Kier alpha value is -2.58. The number of hydrogen-bond donors (Lipinski definition) is 4. The van der Waals surface area contributed by atoms with Crippen molar-refractivity contribution in [2.75, 3.05) is 19.8 Å². The highest BCUT2D eigenvalue weighted by atomic mass is 31.2. The number of carbonyl (C=O) groups is 1. The first-order chi connectivity index (χ1) is 22.4. The van der Waals surface area contributed by atoms with E-state index in [0.29, 0.717) is 6.42 Å². The fraction of sp³-hybridized carbons (Fsp3) is 0.541. The van der Waals surface area contributed by atoms with Crippen LogP contribution in [-0.2, 0) is 18.4 Å². The van der Waals surface area contributed by atoms with E-state index >= 15 is 0 Å². The molecule has 0 spiro atoms. The SMILES string of the molecule is CC/C=C\C/C=C\C/C=C\C/C=C\C/C=C\C/C=C\CCC(=O)NC(COP(=O)(O)OCCN)C(O)/C=C/CC/C=C/CCCC. The van der Waals surface area contributed by atoms with Gasteiger partial charge in [-0.2, -0.15) is 0 Å². The second-order valence-corrected chi connectivity index (χ2v) is 12.1. The Morgan fingerprint density at radius 2 is 1.24 bits per heavy atom. The van der Waals surface area contributed by atoms with E-state index in [2.05, 4.69) is 92.1 Å². The summed E-state index contributed by atoms with van der Waals surface area (Å²) in [6.07, 6.45) is 43.4. The molecule has 0 aliphatic heterocycles. The third-order valence-corrected chi connectivity index (χ3v) is 7.39. The Bertz CT molecular complexity index is 1030. The predicted molar refractivity (Wildman–Crippen MR) is 193 cm³/mol. The van der Waals surface area contributed by atoms with Crippen LogP contribution in [0.5, 0.6) is 0 Å². The third-order valence-electron chi connectivity index (χ3n) is 6.41.